The Hall–Kier alpha value is -4.06. The number of hydrogen-bond donors (Lipinski definition) is 3. The molecule has 3 aromatic carbocycles. The molecule has 0 spiro atoms. The third kappa shape index (κ3) is 7.37. The van der Waals surface area contributed by atoms with Gasteiger partial charge in [0.25, 0.3) is 10.0 Å². The van der Waals surface area contributed by atoms with Crippen LogP contribution in [0.4, 0.5) is 5.69 Å². The van der Waals surface area contributed by atoms with E-state index in [9.17, 15) is 18.0 Å². The number of halogens is 2. The Bertz CT molecular complexity index is 1720. The summed E-state index contributed by atoms with van der Waals surface area (Å²) in [6, 6.07) is 16.1. The van der Waals surface area contributed by atoms with E-state index in [1.54, 1.807) is 48.1 Å². The quantitative estimate of drug-likeness (QED) is 0.0952. The Morgan fingerprint density at radius 1 is 1.07 bits per heavy atom. The van der Waals surface area contributed by atoms with E-state index in [1.165, 1.54) is 25.3 Å². The molecule has 1 aromatic heterocycles. The van der Waals surface area contributed by atoms with Crippen LogP contribution >= 0.6 is 24.0 Å². The fourth-order valence-electron chi connectivity index (χ4n) is 4.14. The lowest BCUT2D eigenvalue weighted by Crippen LogP contribution is -2.17. The lowest BCUT2D eigenvalue weighted by molar-refractivity contribution is -0.143. The van der Waals surface area contributed by atoms with Crippen molar-refractivity contribution in [1.82, 2.24) is 4.57 Å². The number of aromatic nitrogens is 1. The molecule has 4 N–H and O–H groups in total. The Labute approximate surface area is 248 Å². The molecule has 0 fully saturated rings. The van der Waals surface area contributed by atoms with Crippen LogP contribution < -0.4 is 15.2 Å². The molecule has 0 bridgehead atoms. The number of nitrogens with two attached hydrogens (primary N) is 1. The molecule has 4 rings (SSSR count). The normalized spacial score (nSPS) is 11.0. The molecule has 0 aliphatic rings. The van der Waals surface area contributed by atoms with Gasteiger partial charge in [-0.1, -0.05) is 35.9 Å². The number of rotatable bonds is 11. The topological polar surface area (TPSA) is 154 Å². The van der Waals surface area contributed by atoms with E-state index in [0.717, 1.165) is 11.1 Å². The second kappa shape index (κ2) is 13.1. The summed E-state index contributed by atoms with van der Waals surface area (Å²) in [6.45, 7) is -0.483. The molecule has 216 valence electrons. The van der Waals surface area contributed by atoms with E-state index in [1.807, 2.05) is 12.1 Å². The van der Waals surface area contributed by atoms with Gasteiger partial charge in [-0.15, -0.1) is 12.4 Å². The van der Waals surface area contributed by atoms with Crippen LogP contribution in [0.5, 0.6) is 5.75 Å². The van der Waals surface area contributed by atoms with Crippen molar-refractivity contribution in [3.63, 3.8) is 0 Å². The van der Waals surface area contributed by atoms with Crippen molar-refractivity contribution in [3.05, 3.63) is 88.6 Å². The number of carbonyl (C=O) groups excluding carboxylic acids is 2. The van der Waals surface area contributed by atoms with Crippen LogP contribution in [0.1, 0.15) is 27.9 Å². The van der Waals surface area contributed by atoms with Gasteiger partial charge < -0.3 is 19.8 Å². The van der Waals surface area contributed by atoms with Crippen molar-refractivity contribution in [2.24, 2.45) is 12.8 Å². The average molecular weight is 620 g/mol. The number of anilines is 1. The molecule has 10 nitrogen and oxygen atoms in total. The minimum Gasteiger partial charge on any atom is -0.480 e. The summed E-state index contributed by atoms with van der Waals surface area (Å²) in [4.78, 5) is 24.4. The van der Waals surface area contributed by atoms with Crippen LogP contribution in [0.3, 0.4) is 0 Å². The van der Waals surface area contributed by atoms with Gasteiger partial charge in [-0.2, -0.15) is 0 Å². The van der Waals surface area contributed by atoms with Gasteiger partial charge in [-0.3, -0.25) is 14.9 Å². The molecule has 0 saturated heterocycles. The molecule has 0 saturated carbocycles. The van der Waals surface area contributed by atoms with Gasteiger partial charge in [0, 0.05) is 52.4 Å². The summed E-state index contributed by atoms with van der Waals surface area (Å²) in [6.07, 6.45) is 2.45. The van der Waals surface area contributed by atoms with Crippen molar-refractivity contribution in [2.75, 3.05) is 18.4 Å². The standard InChI is InChI=1S/C28H27ClN4O6S.ClH/c1-33-15-22(24(34)11-5-17-3-6-18(7-4-17)28(30)31)21-14-20(9-10-23(21)33)32-40(36,37)26-13-19(29)8-12-25(26)39-16-27(35)38-2;/h3-4,6-10,12-15,32H,5,11,16H2,1-2H3,(H3,30,31);1H. The zero-order valence-corrected chi connectivity index (χ0v) is 24.5. The summed E-state index contributed by atoms with van der Waals surface area (Å²) in [5.74, 6) is -0.874. The first-order valence-corrected chi connectivity index (χ1v) is 13.9. The molecular weight excluding hydrogens is 591 g/mol. The average Bonchev–Trinajstić information content (AvgIpc) is 3.26. The first-order valence-electron chi connectivity index (χ1n) is 12.1. The molecular formula is C28H28Cl2N4O6S. The fraction of sp³-hybridized carbons (Fsp3) is 0.179. The number of ketones is 1. The number of nitrogens with zero attached hydrogens (tertiary/aromatic N) is 1. The maximum absolute atomic E-state index is 13.3. The lowest BCUT2D eigenvalue weighted by Gasteiger charge is -2.14. The summed E-state index contributed by atoms with van der Waals surface area (Å²) in [5.41, 5.74) is 8.48. The second-order valence-corrected chi connectivity index (χ2v) is 11.1. The smallest absolute Gasteiger partial charge is 0.343 e. The highest BCUT2D eigenvalue weighted by atomic mass is 35.5. The van der Waals surface area contributed by atoms with E-state index < -0.39 is 22.6 Å². The number of nitrogen functional groups attached to an aromatic ring is 1. The molecule has 0 atom stereocenters. The molecule has 4 aromatic rings. The van der Waals surface area contributed by atoms with Gasteiger partial charge in [-0.05, 0) is 48.4 Å². The first kappa shape index (κ1) is 31.5. The predicted octanol–water partition coefficient (Wildman–Crippen LogP) is 4.71. The Balaban J connectivity index is 0.00000462. The number of benzene rings is 3. The zero-order valence-electron chi connectivity index (χ0n) is 22.1. The molecule has 0 aliphatic carbocycles. The molecule has 0 aliphatic heterocycles. The van der Waals surface area contributed by atoms with Crippen molar-refractivity contribution in [2.45, 2.75) is 17.7 Å². The third-order valence-electron chi connectivity index (χ3n) is 6.22. The molecule has 13 heteroatoms. The van der Waals surface area contributed by atoms with Crippen molar-refractivity contribution in [1.29, 1.82) is 5.41 Å². The molecule has 0 amide bonds. The number of nitrogens with one attached hydrogen (secondary N) is 2. The fourth-order valence-corrected chi connectivity index (χ4v) is 5.60. The highest BCUT2D eigenvalue weighted by Crippen LogP contribution is 2.31. The van der Waals surface area contributed by atoms with Crippen LogP contribution in [0, 0.1) is 5.41 Å². The van der Waals surface area contributed by atoms with Crippen molar-refractivity contribution >= 4 is 68.2 Å². The number of carbonyl (C=O) groups is 2. The highest BCUT2D eigenvalue weighted by molar-refractivity contribution is 7.92. The van der Waals surface area contributed by atoms with Gasteiger partial charge in [0.05, 0.1) is 7.11 Å². The van der Waals surface area contributed by atoms with Crippen LogP contribution in [0.2, 0.25) is 5.02 Å². The number of sulfonamides is 1. The number of aryl methyl sites for hydroxylation is 2. The maximum atomic E-state index is 13.3. The van der Waals surface area contributed by atoms with E-state index in [4.69, 9.17) is 27.5 Å². The maximum Gasteiger partial charge on any atom is 0.343 e. The van der Waals surface area contributed by atoms with Crippen molar-refractivity contribution in [3.8, 4) is 5.75 Å². The number of methoxy groups -OCH3 is 1. The largest absolute Gasteiger partial charge is 0.480 e. The zero-order chi connectivity index (χ0) is 29.0. The first-order chi connectivity index (χ1) is 19.0. The van der Waals surface area contributed by atoms with Gasteiger partial charge >= 0.3 is 5.97 Å². The van der Waals surface area contributed by atoms with E-state index >= 15 is 0 Å². The van der Waals surface area contributed by atoms with E-state index in [-0.39, 0.29) is 51.8 Å². The summed E-state index contributed by atoms with van der Waals surface area (Å²) in [7, 11) is -1.20. The minimum atomic E-state index is -4.20. The number of Topliss-reactive ketones (excluding diaryl/α,β-unsaturated/α-hetero) is 1. The summed E-state index contributed by atoms with van der Waals surface area (Å²) in [5, 5.41) is 8.25. The Kier molecular flexibility index (Phi) is 10.0. The van der Waals surface area contributed by atoms with Crippen LogP contribution in [0.15, 0.2) is 71.8 Å². The monoisotopic (exact) mass is 618 g/mol. The second-order valence-electron chi connectivity index (χ2n) is 8.98. The van der Waals surface area contributed by atoms with Crippen LogP contribution in [0.25, 0.3) is 10.9 Å². The summed E-state index contributed by atoms with van der Waals surface area (Å²) < 4.78 is 40.9. The molecule has 1 heterocycles. The molecule has 0 unspecified atom stereocenters. The van der Waals surface area contributed by atoms with Gasteiger partial charge in [0.15, 0.2) is 12.4 Å². The van der Waals surface area contributed by atoms with Crippen molar-refractivity contribution < 1.29 is 27.5 Å². The highest BCUT2D eigenvalue weighted by Gasteiger charge is 2.22. The minimum absolute atomic E-state index is 0. The third-order valence-corrected chi connectivity index (χ3v) is 7.85. The van der Waals surface area contributed by atoms with Crippen LogP contribution in [-0.2, 0) is 33.0 Å². The number of ether oxygens (including phenoxy) is 2. The van der Waals surface area contributed by atoms with Gasteiger partial charge in [0.2, 0.25) is 0 Å². The number of fused-ring (bicyclic) bond motifs is 1. The SMILES string of the molecule is COC(=O)COc1ccc(Cl)cc1S(=O)(=O)Nc1ccc2c(c1)c(C(=O)CCc1ccc(C(=N)N)cc1)cn2C.Cl. The van der Waals surface area contributed by atoms with Crippen LogP contribution in [-0.4, -0.2) is 44.3 Å². The Morgan fingerprint density at radius 2 is 1.78 bits per heavy atom. The molecule has 41 heavy (non-hydrogen) atoms. The Morgan fingerprint density at radius 3 is 2.44 bits per heavy atom. The van der Waals surface area contributed by atoms with Gasteiger partial charge in [0.1, 0.15) is 16.5 Å². The lowest BCUT2D eigenvalue weighted by atomic mass is 10.0. The van der Waals surface area contributed by atoms with Gasteiger partial charge in [-0.25, -0.2) is 13.2 Å². The predicted molar refractivity (Wildman–Crippen MR) is 160 cm³/mol. The number of esters is 1. The number of amidine groups is 1. The summed E-state index contributed by atoms with van der Waals surface area (Å²) >= 11 is 6.05. The molecule has 0 radical (unpaired) electrons. The number of hydrogen-bond acceptors (Lipinski definition) is 7. The van der Waals surface area contributed by atoms with E-state index in [2.05, 4.69) is 9.46 Å². The van der Waals surface area contributed by atoms with E-state index in [0.29, 0.717) is 22.9 Å².